The molecule has 17 heavy (non-hydrogen) atoms. The fourth-order valence-corrected chi connectivity index (χ4v) is 3.59. The summed E-state index contributed by atoms with van der Waals surface area (Å²) in [5.74, 6) is 0.302. The van der Waals surface area contributed by atoms with Crippen molar-refractivity contribution in [2.75, 3.05) is 13.2 Å². The minimum Gasteiger partial charge on any atom is -0.396 e. The maximum absolute atomic E-state index is 12.2. The highest BCUT2D eigenvalue weighted by atomic mass is 16.3. The molecule has 2 fully saturated rings. The molecular formula is C13H17NO3. The number of likely N-dealkylation sites (tertiary alicyclic amines) is 1. The summed E-state index contributed by atoms with van der Waals surface area (Å²) < 4.78 is 0. The van der Waals surface area contributed by atoms with E-state index in [9.17, 15) is 9.59 Å². The van der Waals surface area contributed by atoms with E-state index in [0.717, 1.165) is 12.8 Å². The minimum atomic E-state index is -0.107. The van der Waals surface area contributed by atoms with Crippen LogP contribution in [0, 0.1) is 23.7 Å². The van der Waals surface area contributed by atoms with Crippen LogP contribution in [-0.4, -0.2) is 35.0 Å². The van der Waals surface area contributed by atoms with Crippen LogP contribution in [0.5, 0.6) is 0 Å². The van der Waals surface area contributed by atoms with Gasteiger partial charge in [-0.15, -0.1) is 0 Å². The molecule has 1 aliphatic heterocycles. The highest BCUT2D eigenvalue weighted by molar-refractivity contribution is 6.06. The van der Waals surface area contributed by atoms with Gasteiger partial charge in [0.05, 0.1) is 11.8 Å². The highest BCUT2D eigenvalue weighted by Gasteiger charge is 2.56. The van der Waals surface area contributed by atoms with Gasteiger partial charge in [0.1, 0.15) is 0 Å². The fraction of sp³-hybridized carbons (Fsp3) is 0.692. The van der Waals surface area contributed by atoms with Crippen LogP contribution in [0.15, 0.2) is 12.2 Å². The van der Waals surface area contributed by atoms with Gasteiger partial charge < -0.3 is 5.11 Å². The van der Waals surface area contributed by atoms with Crippen LogP contribution in [0.4, 0.5) is 0 Å². The number of allylic oxidation sites excluding steroid dienone is 2. The van der Waals surface area contributed by atoms with Gasteiger partial charge in [-0.05, 0) is 31.1 Å². The average Bonchev–Trinajstić information content (AvgIpc) is 2.64. The molecule has 4 aliphatic rings. The molecule has 0 aromatic heterocycles. The summed E-state index contributed by atoms with van der Waals surface area (Å²) in [6.45, 7) is 0.401. The Morgan fingerprint density at radius 3 is 2.06 bits per heavy atom. The first-order valence-corrected chi connectivity index (χ1v) is 6.38. The number of nitrogens with zero attached hydrogens (tertiary/aromatic N) is 1. The Bertz CT molecular complexity index is 358. The first-order chi connectivity index (χ1) is 8.24. The molecule has 92 valence electrons. The lowest BCUT2D eigenvalue weighted by Gasteiger charge is -2.38. The number of aliphatic hydroxyl groups is 1. The standard InChI is InChI=1S/C13H17NO3/c15-7-1-6-14-12(16)10-8-2-3-9(5-4-8)11(10)13(14)17/h2-3,8-11,15H,1,4-7H2. The van der Waals surface area contributed by atoms with E-state index in [2.05, 4.69) is 12.2 Å². The molecule has 4 rings (SSSR count). The van der Waals surface area contributed by atoms with Gasteiger partial charge in [0.2, 0.25) is 11.8 Å². The predicted octanol–water partition coefficient (Wildman–Crippen LogP) is 0.566. The lowest BCUT2D eigenvalue weighted by atomic mass is 9.63. The molecule has 4 unspecified atom stereocenters. The van der Waals surface area contributed by atoms with E-state index in [-0.39, 0.29) is 42.1 Å². The molecule has 1 saturated heterocycles. The van der Waals surface area contributed by atoms with Gasteiger partial charge in [0, 0.05) is 13.2 Å². The molecule has 4 heteroatoms. The second-order valence-electron chi connectivity index (χ2n) is 5.25. The number of fused-ring (bicyclic) bond motifs is 1. The van der Waals surface area contributed by atoms with Gasteiger partial charge in [-0.25, -0.2) is 0 Å². The van der Waals surface area contributed by atoms with Crippen molar-refractivity contribution >= 4 is 11.8 Å². The molecule has 4 atom stereocenters. The molecule has 0 radical (unpaired) electrons. The summed E-state index contributed by atoms with van der Waals surface area (Å²) in [5, 5.41) is 8.81. The van der Waals surface area contributed by atoms with Gasteiger partial charge in [0.15, 0.2) is 0 Å². The lowest BCUT2D eigenvalue weighted by Crippen LogP contribution is -2.38. The fourth-order valence-electron chi connectivity index (χ4n) is 3.59. The third-order valence-electron chi connectivity index (χ3n) is 4.39. The van der Waals surface area contributed by atoms with Crippen molar-refractivity contribution in [3.8, 4) is 0 Å². The summed E-state index contributed by atoms with van der Waals surface area (Å²) in [6, 6.07) is 0. The second kappa shape index (κ2) is 3.95. The van der Waals surface area contributed by atoms with Crippen LogP contribution in [0.3, 0.4) is 0 Å². The number of amides is 2. The van der Waals surface area contributed by atoms with Crippen molar-refractivity contribution in [3.05, 3.63) is 12.2 Å². The van der Waals surface area contributed by atoms with E-state index < -0.39 is 0 Å². The Balaban J connectivity index is 1.86. The number of hydrogen-bond acceptors (Lipinski definition) is 3. The third-order valence-corrected chi connectivity index (χ3v) is 4.39. The SMILES string of the molecule is O=C1C2C3C=CC(CC3)C2C(=O)N1CCCO. The molecule has 2 amide bonds. The zero-order chi connectivity index (χ0) is 12.0. The monoisotopic (exact) mass is 235 g/mol. The van der Waals surface area contributed by atoms with Gasteiger partial charge in [-0.2, -0.15) is 0 Å². The van der Waals surface area contributed by atoms with Crippen molar-refractivity contribution in [1.29, 1.82) is 0 Å². The number of rotatable bonds is 3. The quantitative estimate of drug-likeness (QED) is 0.574. The Labute approximate surface area is 100 Å². The van der Waals surface area contributed by atoms with E-state index in [4.69, 9.17) is 5.11 Å². The average molecular weight is 235 g/mol. The molecule has 3 aliphatic carbocycles. The highest BCUT2D eigenvalue weighted by Crippen LogP contribution is 2.49. The van der Waals surface area contributed by atoms with Crippen LogP contribution >= 0.6 is 0 Å². The minimum absolute atomic E-state index is 0.00694. The van der Waals surface area contributed by atoms with Crippen molar-refractivity contribution in [1.82, 2.24) is 4.90 Å². The van der Waals surface area contributed by atoms with Crippen molar-refractivity contribution < 1.29 is 14.7 Å². The Kier molecular flexibility index (Phi) is 2.54. The van der Waals surface area contributed by atoms with Crippen LogP contribution in [-0.2, 0) is 9.59 Å². The summed E-state index contributed by atoms with van der Waals surface area (Å²) in [7, 11) is 0. The van der Waals surface area contributed by atoms with Crippen LogP contribution in [0.1, 0.15) is 19.3 Å². The number of carbonyl (C=O) groups excluding carboxylic acids is 2. The van der Waals surface area contributed by atoms with Gasteiger partial charge in [0.25, 0.3) is 0 Å². The molecule has 0 aromatic rings. The largest absolute Gasteiger partial charge is 0.396 e. The number of imide groups is 1. The van der Waals surface area contributed by atoms with Crippen molar-refractivity contribution in [3.63, 3.8) is 0 Å². The Hall–Kier alpha value is -1.16. The molecule has 4 nitrogen and oxygen atoms in total. The van der Waals surface area contributed by atoms with E-state index in [1.807, 2.05) is 0 Å². The molecule has 2 bridgehead atoms. The van der Waals surface area contributed by atoms with Gasteiger partial charge >= 0.3 is 0 Å². The van der Waals surface area contributed by atoms with E-state index in [1.165, 1.54) is 4.90 Å². The predicted molar refractivity (Wildman–Crippen MR) is 60.8 cm³/mol. The first-order valence-electron chi connectivity index (χ1n) is 6.38. The Morgan fingerprint density at radius 1 is 1.12 bits per heavy atom. The van der Waals surface area contributed by atoms with E-state index in [1.54, 1.807) is 0 Å². The summed E-state index contributed by atoms with van der Waals surface area (Å²) >= 11 is 0. The topological polar surface area (TPSA) is 57.6 Å². The molecule has 1 N–H and O–H groups in total. The van der Waals surface area contributed by atoms with Crippen molar-refractivity contribution in [2.45, 2.75) is 19.3 Å². The smallest absolute Gasteiger partial charge is 0.233 e. The summed E-state index contributed by atoms with van der Waals surface area (Å²) in [5.41, 5.74) is 0. The molecule has 0 aromatic carbocycles. The van der Waals surface area contributed by atoms with Crippen molar-refractivity contribution in [2.24, 2.45) is 23.7 Å². The van der Waals surface area contributed by atoms with Crippen LogP contribution in [0.25, 0.3) is 0 Å². The Morgan fingerprint density at radius 2 is 1.65 bits per heavy atom. The third kappa shape index (κ3) is 1.47. The number of hydrogen-bond donors (Lipinski definition) is 1. The van der Waals surface area contributed by atoms with E-state index >= 15 is 0 Å². The second-order valence-corrected chi connectivity index (χ2v) is 5.25. The molecular weight excluding hydrogens is 218 g/mol. The zero-order valence-electron chi connectivity index (χ0n) is 9.71. The van der Waals surface area contributed by atoms with Crippen LogP contribution in [0.2, 0.25) is 0 Å². The lowest BCUT2D eigenvalue weighted by molar-refractivity contribution is -0.140. The normalized spacial score (nSPS) is 39.0. The maximum Gasteiger partial charge on any atom is 0.233 e. The molecule has 1 heterocycles. The van der Waals surface area contributed by atoms with Crippen LogP contribution < -0.4 is 0 Å². The van der Waals surface area contributed by atoms with E-state index in [0.29, 0.717) is 13.0 Å². The molecule has 1 saturated carbocycles. The zero-order valence-corrected chi connectivity index (χ0v) is 9.71. The first kappa shape index (κ1) is 11.0. The number of carbonyl (C=O) groups is 2. The van der Waals surface area contributed by atoms with Gasteiger partial charge in [-0.1, -0.05) is 12.2 Å². The number of aliphatic hydroxyl groups excluding tert-OH is 1. The summed E-state index contributed by atoms with van der Waals surface area (Å²) in [6.07, 6.45) is 6.80. The summed E-state index contributed by atoms with van der Waals surface area (Å²) in [4.78, 5) is 25.8. The maximum atomic E-state index is 12.2. The van der Waals surface area contributed by atoms with Gasteiger partial charge in [-0.3, -0.25) is 14.5 Å². The molecule has 0 spiro atoms.